The molecular weight excluding hydrogens is 367 g/mol. The van der Waals surface area contributed by atoms with Gasteiger partial charge in [0.25, 0.3) is 5.56 Å². The van der Waals surface area contributed by atoms with Gasteiger partial charge in [0.05, 0.1) is 5.56 Å². The molecule has 1 aromatic carbocycles. The summed E-state index contributed by atoms with van der Waals surface area (Å²) in [6, 6.07) is 6.90. The van der Waals surface area contributed by atoms with Crippen LogP contribution >= 0.6 is 15.9 Å². The van der Waals surface area contributed by atoms with Gasteiger partial charge in [-0.3, -0.25) is 9.36 Å². The number of hydrogen-bond acceptors (Lipinski definition) is 3. The average molecular weight is 376 g/mol. The van der Waals surface area contributed by atoms with Crippen LogP contribution in [-0.4, -0.2) is 16.1 Å². The molecule has 0 atom stereocenters. The van der Waals surface area contributed by atoms with Crippen molar-refractivity contribution in [3.05, 3.63) is 64.1 Å². The predicted octanol–water partition coefficient (Wildman–Crippen LogP) is 3.37. The van der Waals surface area contributed by atoms with Gasteiger partial charge in [-0.15, -0.1) is 0 Å². The number of benzene rings is 1. The van der Waals surface area contributed by atoms with E-state index in [1.165, 1.54) is 30.5 Å². The quantitative estimate of drug-likeness (QED) is 0.610. The molecule has 0 fully saturated rings. The Balaban J connectivity index is 2.53. The molecule has 22 heavy (non-hydrogen) atoms. The maximum Gasteiger partial charge on any atom is 0.416 e. The molecule has 0 aliphatic rings. The number of nitrogens with zero attached hydrogens (tertiary/aromatic N) is 1. The monoisotopic (exact) mass is 375 g/mol. The fraction of sp³-hybridized carbons (Fsp3) is 0.143. The number of pyridine rings is 1. The zero-order chi connectivity index (χ0) is 16.3. The van der Waals surface area contributed by atoms with Gasteiger partial charge in [-0.25, -0.2) is 4.79 Å². The molecule has 1 heterocycles. The van der Waals surface area contributed by atoms with Crippen LogP contribution < -0.4 is 5.56 Å². The summed E-state index contributed by atoms with van der Waals surface area (Å²) in [5.74, 6) is -0.858. The molecule has 0 radical (unpaired) electrons. The fourth-order valence-electron chi connectivity index (χ4n) is 1.81. The Morgan fingerprint density at radius 1 is 1.23 bits per heavy atom. The fourth-order valence-corrected chi connectivity index (χ4v) is 2.02. The van der Waals surface area contributed by atoms with Crippen molar-refractivity contribution in [2.75, 3.05) is 5.52 Å². The summed E-state index contributed by atoms with van der Waals surface area (Å²) >= 11 is 2.89. The summed E-state index contributed by atoms with van der Waals surface area (Å²) in [7, 11) is 0. The first-order valence-corrected chi connectivity index (χ1v) is 7.09. The molecular formula is C14H9BrF3NO3. The first-order valence-electron chi connectivity index (χ1n) is 5.97. The van der Waals surface area contributed by atoms with Crippen molar-refractivity contribution in [2.45, 2.75) is 6.18 Å². The van der Waals surface area contributed by atoms with E-state index in [4.69, 9.17) is 0 Å². The maximum absolute atomic E-state index is 12.7. The maximum atomic E-state index is 12.7. The molecule has 2 aromatic rings. The van der Waals surface area contributed by atoms with E-state index in [1.54, 1.807) is 0 Å². The molecule has 116 valence electrons. The van der Waals surface area contributed by atoms with Crippen molar-refractivity contribution in [1.29, 1.82) is 0 Å². The predicted molar refractivity (Wildman–Crippen MR) is 76.3 cm³/mol. The Kier molecular flexibility index (Phi) is 4.70. The van der Waals surface area contributed by atoms with Crippen molar-refractivity contribution in [3.8, 4) is 5.69 Å². The van der Waals surface area contributed by atoms with E-state index in [0.29, 0.717) is 0 Å². The van der Waals surface area contributed by atoms with Crippen LogP contribution in [0.1, 0.15) is 15.9 Å². The average Bonchev–Trinajstić information content (AvgIpc) is 2.47. The van der Waals surface area contributed by atoms with Gasteiger partial charge >= 0.3 is 12.1 Å². The summed E-state index contributed by atoms with van der Waals surface area (Å²) in [6.45, 7) is 0. The van der Waals surface area contributed by atoms with Crippen LogP contribution in [0.5, 0.6) is 0 Å². The summed E-state index contributed by atoms with van der Waals surface area (Å²) in [5.41, 5.74) is -1.99. The lowest BCUT2D eigenvalue weighted by Crippen LogP contribution is -2.25. The van der Waals surface area contributed by atoms with Crippen molar-refractivity contribution in [2.24, 2.45) is 0 Å². The van der Waals surface area contributed by atoms with E-state index in [0.717, 1.165) is 16.7 Å². The Morgan fingerprint density at radius 3 is 2.59 bits per heavy atom. The normalized spacial score (nSPS) is 11.3. The van der Waals surface area contributed by atoms with Crippen LogP contribution in [0.2, 0.25) is 0 Å². The number of esters is 1. The summed E-state index contributed by atoms with van der Waals surface area (Å²) < 4.78 is 43.8. The smallest absolute Gasteiger partial charge is 0.416 e. The number of alkyl halides is 4. The molecule has 0 saturated carbocycles. The number of carbonyl (C=O) groups is 1. The minimum Gasteiger partial charge on any atom is -0.450 e. The minimum atomic E-state index is -4.52. The Bertz CT molecular complexity index is 755. The van der Waals surface area contributed by atoms with Gasteiger partial charge in [-0.2, -0.15) is 13.2 Å². The number of ether oxygens (including phenoxy) is 1. The number of rotatable bonds is 3. The molecule has 0 spiro atoms. The van der Waals surface area contributed by atoms with Gasteiger partial charge in [0.15, 0.2) is 0 Å². The first-order chi connectivity index (χ1) is 10.3. The zero-order valence-corrected chi connectivity index (χ0v) is 12.5. The summed E-state index contributed by atoms with van der Waals surface area (Å²) in [4.78, 5) is 23.8. The molecule has 0 N–H and O–H groups in total. The van der Waals surface area contributed by atoms with E-state index >= 15 is 0 Å². The molecule has 1 aromatic heterocycles. The second kappa shape index (κ2) is 6.35. The molecule has 0 amide bonds. The molecule has 0 aliphatic carbocycles. The molecule has 0 bridgehead atoms. The van der Waals surface area contributed by atoms with Crippen molar-refractivity contribution >= 4 is 21.9 Å². The van der Waals surface area contributed by atoms with E-state index in [-0.39, 0.29) is 16.8 Å². The van der Waals surface area contributed by atoms with E-state index < -0.39 is 23.3 Å². The lowest BCUT2D eigenvalue weighted by molar-refractivity contribution is -0.137. The Morgan fingerprint density at radius 2 is 1.95 bits per heavy atom. The van der Waals surface area contributed by atoms with Crippen molar-refractivity contribution in [1.82, 2.24) is 4.57 Å². The highest BCUT2D eigenvalue weighted by Gasteiger charge is 2.30. The number of aromatic nitrogens is 1. The second-order valence-corrected chi connectivity index (χ2v) is 4.64. The van der Waals surface area contributed by atoms with Gasteiger partial charge < -0.3 is 4.74 Å². The van der Waals surface area contributed by atoms with Crippen LogP contribution in [0.15, 0.2) is 47.4 Å². The zero-order valence-electron chi connectivity index (χ0n) is 10.9. The SMILES string of the molecule is O=C(OCBr)c1cccn(-c2cccc(C(F)(F)F)c2)c1=O. The molecule has 0 aliphatic heterocycles. The molecule has 0 saturated heterocycles. The van der Waals surface area contributed by atoms with Crippen LogP contribution in [0.3, 0.4) is 0 Å². The first kappa shape index (κ1) is 16.3. The largest absolute Gasteiger partial charge is 0.450 e. The van der Waals surface area contributed by atoms with Crippen LogP contribution in [0, 0.1) is 0 Å². The highest BCUT2D eigenvalue weighted by molar-refractivity contribution is 9.09. The Labute approximate surface area is 131 Å². The standard InChI is InChI=1S/C14H9BrF3NO3/c15-8-22-13(21)11-5-2-6-19(12(11)20)10-4-1-3-9(7-10)14(16,17)18/h1-7H,8H2. The molecule has 4 nitrogen and oxygen atoms in total. The highest BCUT2D eigenvalue weighted by atomic mass is 79.9. The number of carbonyl (C=O) groups excluding carboxylic acids is 1. The highest BCUT2D eigenvalue weighted by Crippen LogP contribution is 2.30. The third kappa shape index (κ3) is 3.38. The van der Waals surface area contributed by atoms with Crippen LogP contribution in [0.25, 0.3) is 5.69 Å². The van der Waals surface area contributed by atoms with Gasteiger partial charge in [0.2, 0.25) is 0 Å². The lowest BCUT2D eigenvalue weighted by atomic mass is 10.2. The number of halogens is 4. The second-order valence-electron chi connectivity index (χ2n) is 4.19. The number of hydrogen-bond donors (Lipinski definition) is 0. The lowest BCUT2D eigenvalue weighted by Gasteiger charge is -2.11. The third-order valence-electron chi connectivity index (χ3n) is 2.80. The van der Waals surface area contributed by atoms with Crippen LogP contribution in [0.4, 0.5) is 13.2 Å². The van der Waals surface area contributed by atoms with Gasteiger partial charge in [0, 0.05) is 11.9 Å². The van der Waals surface area contributed by atoms with Crippen molar-refractivity contribution < 1.29 is 22.7 Å². The summed E-state index contributed by atoms with van der Waals surface area (Å²) in [6.07, 6.45) is -3.24. The summed E-state index contributed by atoms with van der Waals surface area (Å²) in [5, 5.41) is 0. The Hall–Kier alpha value is -2.09. The molecule has 2 rings (SSSR count). The van der Waals surface area contributed by atoms with Gasteiger partial charge in [-0.1, -0.05) is 6.07 Å². The topological polar surface area (TPSA) is 48.3 Å². The van der Waals surface area contributed by atoms with Crippen molar-refractivity contribution in [3.63, 3.8) is 0 Å². The van der Waals surface area contributed by atoms with Gasteiger partial charge in [0.1, 0.15) is 11.1 Å². The van der Waals surface area contributed by atoms with E-state index in [2.05, 4.69) is 20.7 Å². The molecule has 0 unspecified atom stereocenters. The minimum absolute atomic E-state index is 0.00770. The van der Waals surface area contributed by atoms with Gasteiger partial charge in [-0.05, 0) is 46.3 Å². The van der Waals surface area contributed by atoms with Crippen LogP contribution in [-0.2, 0) is 10.9 Å². The van der Waals surface area contributed by atoms with E-state index in [9.17, 15) is 22.8 Å². The van der Waals surface area contributed by atoms with E-state index in [1.807, 2.05) is 0 Å². The third-order valence-corrected chi connectivity index (χ3v) is 3.03. The molecule has 8 heteroatoms.